The van der Waals surface area contributed by atoms with Gasteiger partial charge < -0.3 is 10.6 Å². The van der Waals surface area contributed by atoms with Crippen LogP contribution >= 0.6 is 0 Å². The van der Waals surface area contributed by atoms with Crippen LogP contribution in [-0.2, 0) is 0 Å². The summed E-state index contributed by atoms with van der Waals surface area (Å²) in [7, 11) is 0. The molecule has 0 atom stereocenters. The predicted molar refractivity (Wildman–Crippen MR) is 84.5 cm³/mol. The zero-order chi connectivity index (χ0) is 16.2. The van der Waals surface area contributed by atoms with Gasteiger partial charge in [-0.15, -0.1) is 0 Å². The molecule has 2 aromatic rings. The second-order valence-electron chi connectivity index (χ2n) is 5.77. The van der Waals surface area contributed by atoms with Crippen LogP contribution in [0.2, 0.25) is 0 Å². The Morgan fingerprint density at radius 1 is 1.23 bits per heavy atom. The molecule has 1 amide bonds. The third-order valence-corrected chi connectivity index (χ3v) is 2.70. The first-order chi connectivity index (χ1) is 10.4. The van der Waals surface area contributed by atoms with E-state index in [0.717, 1.165) is 0 Å². The monoisotopic (exact) mass is 295 g/mol. The average Bonchev–Trinajstić information content (AvgIpc) is 2.46. The standard InChI is InChI=1S/C16H17N5O/c1-16(2,3)21-14-8-13(18-10-19-14)15(22)20-12-7-5-4-6-11(12)9-17/h4-8,10H,1-3H3,(H,20,22)(H,18,19,21). The number of carbonyl (C=O) groups is 1. The van der Waals surface area contributed by atoms with Crippen LogP contribution < -0.4 is 10.6 Å². The lowest BCUT2D eigenvalue weighted by Crippen LogP contribution is -2.27. The van der Waals surface area contributed by atoms with E-state index in [0.29, 0.717) is 17.1 Å². The lowest BCUT2D eigenvalue weighted by molar-refractivity contribution is 0.102. The van der Waals surface area contributed by atoms with Crippen molar-refractivity contribution >= 4 is 17.4 Å². The van der Waals surface area contributed by atoms with Crippen LogP contribution in [0.4, 0.5) is 11.5 Å². The van der Waals surface area contributed by atoms with Crippen molar-refractivity contribution in [3.63, 3.8) is 0 Å². The molecule has 22 heavy (non-hydrogen) atoms. The van der Waals surface area contributed by atoms with Gasteiger partial charge in [0.05, 0.1) is 11.3 Å². The maximum Gasteiger partial charge on any atom is 0.274 e. The molecule has 0 fully saturated rings. The highest BCUT2D eigenvalue weighted by Gasteiger charge is 2.14. The summed E-state index contributed by atoms with van der Waals surface area (Å²) >= 11 is 0. The highest BCUT2D eigenvalue weighted by Crippen LogP contribution is 2.16. The van der Waals surface area contributed by atoms with Gasteiger partial charge in [0, 0.05) is 11.6 Å². The molecular formula is C16H17N5O. The Balaban J connectivity index is 2.20. The van der Waals surface area contributed by atoms with Crippen LogP contribution in [0.1, 0.15) is 36.8 Å². The Bertz CT molecular complexity index is 728. The summed E-state index contributed by atoms with van der Waals surface area (Å²) < 4.78 is 0. The maximum atomic E-state index is 12.3. The van der Waals surface area contributed by atoms with E-state index in [1.807, 2.05) is 26.8 Å². The number of amides is 1. The zero-order valence-electron chi connectivity index (χ0n) is 12.7. The van der Waals surface area contributed by atoms with Crippen LogP contribution in [-0.4, -0.2) is 21.4 Å². The van der Waals surface area contributed by atoms with E-state index < -0.39 is 0 Å². The summed E-state index contributed by atoms with van der Waals surface area (Å²) in [6, 6.07) is 10.4. The van der Waals surface area contributed by atoms with Gasteiger partial charge in [-0.2, -0.15) is 5.26 Å². The van der Waals surface area contributed by atoms with E-state index in [9.17, 15) is 4.79 Å². The van der Waals surface area contributed by atoms with Crippen LogP contribution in [0.15, 0.2) is 36.7 Å². The van der Waals surface area contributed by atoms with Gasteiger partial charge in [-0.1, -0.05) is 12.1 Å². The fraction of sp³-hybridized carbons (Fsp3) is 0.250. The van der Waals surface area contributed by atoms with Crippen LogP contribution in [0.25, 0.3) is 0 Å². The van der Waals surface area contributed by atoms with Gasteiger partial charge in [-0.05, 0) is 32.9 Å². The molecule has 1 aromatic heterocycles. The Labute approximate surface area is 129 Å². The van der Waals surface area contributed by atoms with Gasteiger partial charge >= 0.3 is 0 Å². The van der Waals surface area contributed by atoms with Crippen molar-refractivity contribution in [2.45, 2.75) is 26.3 Å². The zero-order valence-corrected chi connectivity index (χ0v) is 12.7. The van der Waals surface area contributed by atoms with E-state index >= 15 is 0 Å². The van der Waals surface area contributed by atoms with Crippen LogP contribution in [0, 0.1) is 11.3 Å². The maximum absolute atomic E-state index is 12.3. The van der Waals surface area contributed by atoms with Crippen molar-refractivity contribution in [3.8, 4) is 6.07 Å². The van der Waals surface area contributed by atoms with Crippen molar-refractivity contribution in [2.75, 3.05) is 10.6 Å². The number of aromatic nitrogens is 2. The number of anilines is 2. The Morgan fingerprint density at radius 3 is 2.64 bits per heavy atom. The minimum absolute atomic E-state index is 0.171. The number of nitrogens with one attached hydrogen (secondary N) is 2. The van der Waals surface area contributed by atoms with E-state index in [1.165, 1.54) is 6.33 Å². The topological polar surface area (TPSA) is 90.7 Å². The highest BCUT2D eigenvalue weighted by atomic mass is 16.1. The molecule has 2 rings (SSSR count). The molecule has 0 radical (unpaired) electrons. The lowest BCUT2D eigenvalue weighted by Gasteiger charge is -2.21. The summed E-state index contributed by atoms with van der Waals surface area (Å²) in [4.78, 5) is 20.3. The Morgan fingerprint density at radius 2 is 1.95 bits per heavy atom. The van der Waals surface area contributed by atoms with Crippen molar-refractivity contribution in [1.82, 2.24) is 9.97 Å². The van der Waals surface area contributed by atoms with Crippen molar-refractivity contribution in [2.24, 2.45) is 0 Å². The van der Waals surface area contributed by atoms with Gasteiger partial charge in [0.1, 0.15) is 23.9 Å². The molecule has 0 saturated heterocycles. The van der Waals surface area contributed by atoms with Gasteiger partial charge in [0.25, 0.3) is 5.91 Å². The van der Waals surface area contributed by atoms with Gasteiger partial charge in [-0.3, -0.25) is 4.79 Å². The number of hydrogen-bond donors (Lipinski definition) is 2. The van der Waals surface area contributed by atoms with E-state index in [2.05, 4.69) is 20.6 Å². The molecule has 0 bridgehead atoms. The summed E-state index contributed by atoms with van der Waals surface area (Å²) in [5, 5.41) is 14.9. The largest absolute Gasteiger partial charge is 0.365 e. The molecule has 2 N–H and O–H groups in total. The molecule has 1 aromatic carbocycles. The van der Waals surface area contributed by atoms with Gasteiger partial charge in [0.15, 0.2) is 0 Å². The SMILES string of the molecule is CC(C)(C)Nc1cc(C(=O)Nc2ccccc2C#N)ncn1. The molecule has 112 valence electrons. The fourth-order valence-corrected chi connectivity index (χ4v) is 1.81. The molecule has 0 aliphatic rings. The number of rotatable bonds is 3. The molecule has 0 unspecified atom stereocenters. The van der Waals surface area contributed by atoms with Crippen molar-refractivity contribution in [1.29, 1.82) is 5.26 Å². The molecule has 0 spiro atoms. The second-order valence-corrected chi connectivity index (χ2v) is 5.77. The highest BCUT2D eigenvalue weighted by molar-refractivity contribution is 6.03. The number of nitriles is 1. The molecule has 6 heteroatoms. The average molecular weight is 295 g/mol. The minimum atomic E-state index is -0.387. The third-order valence-electron chi connectivity index (χ3n) is 2.70. The predicted octanol–water partition coefficient (Wildman–Crippen LogP) is 2.81. The first-order valence-electron chi connectivity index (χ1n) is 6.80. The van der Waals surface area contributed by atoms with E-state index in [4.69, 9.17) is 5.26 Å². The third kappa shape index (κ3) is 4.03. The van der Waals surface area contributed by atoms with E-state index in [1.54, 1.807) is 30.3 Å². The number of para-hydroxylation sites is 1. The lowest BCUT2D eigenvalue weighted by atomic mass is 10.1. The Kier molecular flexibility index (Phi) is 4.37. The van der Waals surface area contributed by atoms with Crippen LogP contribution in [0.5, 0.6) is 0 Å². The molecule has 0 aliphatic carbocycles. The minimum Gasteiger partial charge on any atom is -0.365 e. The van der Waals surface area contributed by atoms with E-state index in [-0.39, 0.29) is 17.1 Å². The summed E-state index contributed by atoms with van der Waals surface area (Å²) in [6.45, 7) is 5.99. The summed E-state index contributed by atoms with van der Waals surface area (Å²) in [6.07, 6.45) is 1.33. The number of carbonyl (C=O) groups excluding carboxylic acids is 1. The second kappa shape index (κ2) is 6.22. The fourth-order valence-electron chi connectivity index (χ4n) is 1.81. The Hall–Kier alpha value is -2.94. The summed E-state index contributed by atoms with van der Waals surface area (Å²) in [5.41, 5.74) is 0.918. The van der Waals surface area contributed by atoms with Crippen molar-refractivity contribution < 1.29 is 4.79 Å². The first kappa shape index (κ1) is 15.4. The number of nitrogens with zero attached hydrogens (tertiary/aromatic N) is 3. The summed E-state index contributed by atoms with van der Waals surface area (Å²) in [5.74, 6) is 0.184. The molecule has 1 heterocycles. The quantitative estimate of drug-likeness (QED) is 0.908. The van der Waals surface area contributed by atoms with Gasteiger partial charge in [-0.25, -0.2) is 9.97 Å². The smallest absolute Gasteiger partial charge is 0.274 e. The number of benzene rings is 1. The molecule has 0 aliphatic heterocycles. The molecule has 6 nitrogen and oxygen atoms in total. The normalized spacial score (nSPS) is 10.6. The number of hydrogen-bond acceptors (Lipinski definition) is 5. The molecule has 0 saturated carbocycles. The molecular weight excluding hydrogens is 278 g/mol. The first-order valence-corrected chi connectivity index (χ1v) is 6.80. The van der Waals surface area contributed by atoms with Crippen molar-refractivity contribution in [3.05, 3.63) is 47.9 Å². The van der Waals surface area contributed by atoms with Crippen LogP contribution in [0.3, 0.4) is 0 Å². The van der Waals surface area contributed by atoms with Gasteiger partial charge in [0.2, 0.25) is 0 Å².